The second-order valence-corrected chi connectivity index (χ2v) is 29.5. The quantitative estimate of drug-likeness (QED) is 0.0169. The molecule has 0 aliphatic rings. The predicted octanol–water partition coefficient (Wildman–Crippen LogP) is 22.7. The van der Waals surface area contributed by atoms with Gasteiger partial charge in [-0.15, -0.1) is 0 Å². The molecule has 17 nitrogen and oxygen atoms in total. The minimum Gasteiger partial charge on any atom is -0.462 e. The number of rotatable bonds is 75. The maximum atomic E-state index is 13.1. The summed E-state index contributed by atoms with van der Waals surface area (Å²) in [7, 11) is -9.95. The van der Waals surface area contributed by atoms with Crippen LogP contribution in [0.1, 0.15) is 362 Å². The Morgan fingerprint density at radius 1 is 0.286 bits per heavy atom. The molecule has 98 heavy (non-hydrogen) atoms. The molecule has 0 saturated carbocycles. The maximum Gasteiger partial charge on any atom is 0.472 e. The van der Waals surface area contributed by atoms with Crippen molar-refractivity contribution in [3.05, 3.63) is 60.8 Å². The lowest BCUT2D eigenvalue weighted by Crippen LogP contribution is -2.30. The summed E-state index contributed by atoms with van der Waals surface area (Å²) in [6.45, 7) is 4.84. The molecule has 0 saturated heterocycles. The van der Waals surface area contributed by atoms with Gasteiger partial charge < -0.3 is 33.8 Å². The molecule has 0 amide bonds. The Morgan fingerprint density at radius 2 is 0.500 bits per heavy atom. The second-order valence-electron chi connectivity index (χ2n) is 26.6. The molecule has 0 radical (unpaired) electrons. The average Bonchev–Trinajstić information content (AvgIpc) is 1.04. The number of hydrogen-bond donors (Lipinski definition) is 3. The van der Waals surface area contributed by atoms with Gasteiger partial charge in [0.25, 0.3) is 0 Å². The molecule has 0 bridgehead atoms. The summed E-state index contributed by atoms with van der Waals surface area (Å²) in [5.74, 6) is -2.19. The third kappa shape index (κ3) is 71.2. The number of ether oxygens (including phenoxy) is 4. The van der Waals surface area contributed by atoms with Gasteiger partial charge in [0.15, 0.2) is 12.2 Å². The van der Waals surface area contributed by atoms with Crippen LogP contribution in [-0.4, -0.2) is 96.7 Å². The first kappa shape index (κ1) is 94.8. The van der Waals surface area contributed by atoms with Gasteiger partial charge in [-0.05, 0) is 135 Å². The fourth-order valence-corrected chi connectivity index (χ4v) is 12.4. The van der Waals surface area contributed by atoms with E-state index in [2.05, 4.69) is 88.5 Å². The topological polar surface area (TPSA) is 237 Å². The first-order chi connectivity index (χ1) is 47.7. The summed E-state index contributed by atoms with van der Waals surface area (Å²) in [6.07, 6.45) is 70.5. The van der Waals surface area contributed by atoms with Crippen LogP contribution in [0.3, 0.4) is 0 Å². The van der Waals surface area contributed by atoms with Gasteiger partial charge in [-0.25, -0.2) is 9.13 Å². The van der Waals surface area contributed by atoms with E-state index in [0.717, 1.165) is 161 Å². The van der Waals surface area contributed by atoms with Crippen molar-refractivity contribution < 1.29 is 80.2 Å². The third-order valence-corrected chi connectivity index (χ3v) is 18.8. The number of unbranched alkanes of at least 4 members (excludes halogenated alkanes) is 39. The fourth-order valence-electron chi connectivity index (χ4n) is 10.8. The number of carbonyl (C=O) groups excluding carboxylic acids is 4. The molecule has 572 valence electrons. The maximum absolute atomic E-state index is 13.1. The average molecular weight is 1430 g/mol. The van der Waals surface area contributed by atoms with Gasteiger partial charge in [0, 0.05) is 25.7 Å². The van der Waals surface area contributed by atoms with Crippen molar-refractivity contribution in [1.82, 2.24) is 0 Å². The molecular formula is C79H144O17P2. The SMILES string of the molecule is CCCCC/C=C\C/C=C\CCCCCCCC(=O)O[C@H](COC(=O)CCCCCCC/C=C\CCCCCCCC)COP(=O)(O)OC[C@@H](O)COP(=O)(O)OC[C@@H](COC(=O)CCCCCCC/C=C\CCCCCC)OC(=O)CCCCCCC/C=C\CCCCCCCC. The molecule has 0 spiro atoms. The van der Waals surface area contributed by atoms with Crippen LogP contribution in [0.15, 0.2) is 60.8 Å². The fraction of sp³-hybridized carbons (Fsp3) is 0.823. The van der Waals surface area contributed by atoms with Crippen molar-refractivity contribution in [3.8, 4) is 0 Å². The van der Waals surface area contributed by atoms with Crippen molar-refractivity contribution in [1.29, 1.82) is 0 Å². The van der Waals surface area contributed by atoms with Crippen molar-refractivity contribution in [2.45, 2.75) is 380 Å². The van der Waals surface area contributed by atoms with E-state index in [1.807, 2.05) is 0 Å². The standard InChI is InChI=1S/C79H144O17P2/c1-5-9-13-17-21-25-29-33-36-40-44-48-52-56-60-64-77(82)90-70-75(96-79(84)66-62-58-54-50-46-42-38-35-31-27-23-19-15-11-7-3)72-94-98(87,88)92-68-73(80)67-91-97(85,86)93-71-74(69-89-76(81)63-59-55-51-47-43-39-32-28-24-20-16-12-8-4)95-78(83)65-61-57-53-49-45-41-37-34-30-26-22-18-14-10-6-2/h23,27-28,32-38,73-75,80H,5-22,24-26,29-31,39-72H2,1-4H3,(H,85,86)(H,87,88)/b27-23-,32-28-,36-33-,37-34-,38-35-/t73-,74+,75+/m0/s1. The second kappa shape index (κ2) is 72.1. The molecule has 19 heteroatoms. The zero-order chi connectivity index (χ0) is 71.8. The van der Waals surface area contributed by atoms with Gasteiger partial charge in [0.2, 0.25) is 0 Å². The lowest BCUT2D eigenvalue weighted by Gasteiger charge is -2.21. The number of aliphatic hydroxyl groups excluding tert-OH is 1. The predicted molar refractivity (Wildman–Crippen MR) is 400 cm³/mol. The van der Waals surface area contributed by atoms with Crippen LogP contribution >= 0.6 is 15.6 Å². The molecule has 5 atom stereocenters. The summed E-state index contributed by atoms with van der Waals surface area (Å²) in [5.41, 5.74) is 0. The normalized spacial score (nSPS) is 14.2. The Bertz CT molecular complexity index is 2100. The van der Waals surface area contributed by atoms with Crippen LogP contribution in [0.5, 0.6) is 0 Å². The van der Waals surface area contributed by atoms with Crippen LogP contribution in [-0.2, 0) is 65.4 Å². The van der Waals surface area contributed by atoms with Crippen LogP contribution < -0.4 is 0 Å². The number of phosphoric ester groups is 2. The van der Waals surface area contributed by atoms with E-state index < -0.39 is 97.5 Å². The molecule has 3 N–H and O–H groups in total. The van der Waals surface area contributed by atoms with Gasteiger partial charge in [0.05, 0.1) is 26.4 Å². The van der Waals surface area contributed by atoms with Crippen LogP contribution in [0, 0.1) is 0 Å². The highest BCUT2D eigenvalue weighted by atomic mass is 31.2. The molecule has 2 unspecified atom stereocenters. The minimum absolute atomic E-state index is 0.0808. The molecule has 0 aromatic carbocycles. The molecule has 0 heterocycles. The van der Waals surface area contributed by atoms with E-state index in [-0.39, 0.29) is 25.7 Å². The number of hydrogen-bond acceptors (Lipinski definition) is 15. The lowest BCUT2D eigenvalue weighted by molar-refractivity contribution is -0.161. The van der Waals surface area contributed by atoms with E-state index in [1.165, 1.54) is 122 Å². The van der Waals surface area contributed by atoms with E-state index in [0.29, 0.717) is 25.7 Å². The van der Waals surface area contributed by atoms with Crippen molar-refractivity contribution in [2.75, 3.05) is 39.6 Å². The minimum atomic E-state index is -4.97. The summed E-state index contributed by atoms with van der Waals surface area (Å²) < 4.78 is 68.5. The molecule has 0 aromatic rings. The van der Waals surface area contributed by atoms with Crippen molar-refractivity contribution >= 4 is 39.5 Å². The summed E-state index contributed by atoms with van der Waals surface area (Å²) >= 11 is 0. The number of aliphatic hydroxyl groups is 1. The zero-order valence-electron chi connectivity index (χ0n) is 62.5. The van der Waals surface area contributed by atoms with Gasteiger partial charge in [-0.1, -0.05) is 262 Å². The Morgan fingerprint density at radius 3 is 0.796 bits per heavy atom. The van der Waals surface area contributed by atoms with Crippen LogP contribution in [0.25, 0.3) is 0 Å². The lowest BCUT2D eigenvalue weighted by atomic mass is 10.1. The first-order valence-corrected chi connectivity index (χ1v) is 42.5. The summed E-state index contributed by atoms with van der Waals surface area (Å²) in [4.78, 5) is 72.9. The number of esters is 4. The Balaban J connectivity index is 5.35. The van der Waals surface area contributed by atoms with Gasteiger partial charge in [0.1, 0.15) is 19.3 Å². The number of carbonyl (C=O) groups is 4. The molecule has 0 aliphatic heterocycles. The largest absolute Gasteiger partial charge is 0.472 e. The van der Waals surface area contributed by atoms with Crippen LogP contribution in [0.2, 0.25) is 0 Å². The smallest absolute Gasteiger partial charge is 0.462 e. The van der Waals surface area contributed by atoms with E-state index in [9.17, 15) is 43.2 Å². The Kier molecular flexibility index (Phi) is 69.7. The van der Waals surface area contributed by atoms with Crippen molar-refractivity contribution in [2.24, 2.45) is 0 Å². The highest BCUT2D eigenvalue weighted by Gasteiger charge is 2.30. The van der Waals surface area contributed by atoms with E-state index >= 15 is 0 Å². The van der Waals surface area contributed by atoms with Gasteiger partial charge in [-0.2, -0.15) is 0 Å². The Labute approximate surface area is 597 Å². The molecule has 0 rings (SSSR count). The van der Waals surface area contributed by atoms with Crippen molar-refractivity contribution in [3.63, 3.8) is 0 Å². The van der Waals surface area contributed by atoms with E-state index in [4.69, 9.17) is 37.0 Å². The van der Waals surface area contributed by atoms with Gasteiger partial charge in [-0.3, -0.25) is 37.3 Å². The first-order valence-electron chi connectivity index (χ1n) is 39.5. The molecule has 0 aliphatic carbocycles. The van der Waals surface area contributed by atoms with E-state index in [1.54, 1.807) is 0 Å². The summed E-state index contributed by atoms with van der Waals surface area (Å²) in [5, 5.41) is 10.6. The highest BCUT2D eigenvalue weighted by Crippen LogP contribution is 2.45. The molecular weight excluding hydrogens is 1280 g/mol. The molecule has 0 fully saturated rings. The zero-order valence-corrected chi connectivity index (χ0v) is 64.3. The Hall–Kier alpha value is -3.24. The third-order valence-electron chi connectivity index (χ3n) is 16.9. The van der Waals surface area contributed by atoms with Crippen LogP contribution in [0.4, 0.5) is 0 Å². The molecule has 0 aromatic heterocycles. The highest BCUT2D eigenvalue weighted by molar-refractivity contribution is 7.47. The number of allylic oxidation sites excluding steroid dienone is 10. The van der Waals surface area contributed by atoms with Gasteiger partial charge >= 0.3 is 39.5 Å². The number of phosphoric acid groups is 2. The summed E-state index contributed by atoms with van der Waals surface area (Å²) in [6, 6.07) is 0. The monoisotopic (exact) mass is 1430 g/mol.